The summed E-state index contributed by atoms with van der Waals surface area (Å²) in [6.07, 6.45) is 4.16. The van der Waals surface area contributed by atoms with Crippen LogP contribution in [0.3, 0.4) is 0 Å². The van der Waals surface area contributed by atoms with E-state index in [2.05, 4.69) is 41.0 Å². The van der Waals surface area contributed by atoms with Crippen molar-refractivity contribution in [1.29, 1.82) is 0 Å². The number of hydrogen-bond acceptors (Lipinski definition) is 5. The maximum atomic E-state index is 5.59. The maximum absolute atomic E-state index is 5.59. The lowest BCUT2D eigenvalue weighted by atomic mass is 9.95. The average Bonchev–Trinajstić information content (AvgIpc) is 2.47. The minimum absolute atomic E-state index is 0.283. The van der Waals surface area contributed by atoms with Crippen molar-refractivity contribution >= 4 is 11.6 Å². The van der Waals surface area contributed by atoms with Crippen LogP contribution in [-0.2, 0) is 4.74 Å². The lowest BCUT2D eigenvalue weighted by Gasteiger charge is -2.37. The predicted octanol–water partition coefficient (Wildman–Crippen LogP) is 2.47. The predicted molar refractivity (Wildman–Crippen MR) is 82.3 cm³/mol. The normalized spacial score (nSPS) is 22.9. The highest BCUT2D eigenvalue weighted by molar-refractivity contribution is 5.58. The molecule has 1 fully saturated rings. The second-order valence-electron chi connectivity index (χ2n) is 5.58. The number of hydrogen-bond donors (Lipinski definition) is 1. The molecule has 0 bridgehead atoms. The van der Waals surface area contributed by atoms with Crippen molar-refractivity contribution in [2.24, 2.45) is 5.92 Å². The smallest absolute Gasteiger partial charge is 0.137 e. The third-order valence-electron chi connectivity index (χ3n) is 4.09. The van der Waals surface area contributed by atoms with E-state index < -0.39 is 0 Å². The average molecular weight is 278 g/mol. The summed E-state index contributed by atoms with van der Waals surface area (Å²) in [4.78, 5) is 11.2. The first-order valence-corrected chi connectivity index (χ1v) is 7.50. The molecule has 2 rings (SSSR count). The van der Waals surface area contributed by atoms with E-state index in [1.165, 1.54) is 0 Å². The lowest BCUT2D eigenvalue weighted by Crippen LogP contribution is -2.44. The fraction of sp³-hybridized carbons (Fsp3) is 0.733. The van der Waals surface area contributed by atoms with Gasteiger partial charge in [-0.3, -0.25) is 0 Å². The molecule has 5 heteroatoms. The summed E-state index contributed by atoms with van der Waals surface area (Å²) in [5.74, 6) is 2.59. The standard InChI is InChI=1S/C15H26N4O/c1-5-7-16-14-12(3)15(18-10-17-14)19-8-6-11(2)13(9-19)20-4/h10-11,13H,5-9H2,1-4H3,(H,16,17,18). The molecule has 0 spiro atoms. The zero-order valence-corrected chi connectivity index (χ0v) is 13.0. The van der Waals surface area contributed by atoms with Gasteiger partial charge in [0.25, 0.3) is 0 Å². The van der Waals surface area contributed by atoms with Gasteiger partial charge in [-0.05, 0) is 25.7 Å². The molecule has 1 aliphatic heterocycles. The molecule has 0 saturated carbocycles. The van der Waals surface area contributed by atoms with Crippen molar-refractivity contribution in [2.45, 2.75) is 39.7 Å². The van der Waals surface area contributed by atoms with E-state index in [9.17, 15) is 0 Å². The van der Waals surface area contributed by atoms with Crippen molar-refractivity contribution in [2.75, 3.05) is 37.0 Å². The number of piperidine rings is 1. The van der Waals surface area contributed by atoms with Gasteiger partial charge in [-0.25, -0.2) is 9.97 Å². The molecule has 112 valence electrons. The molecule has 2 unspecified atom stereocenters. The van der Waals surface area contributed by atoms with Crippen LogP contribution in [0, 0.1) is 12.8 Å². The molecule has 0 aliphatic carbocycles. The summed E-state index contributed by atoms with van der Waals surface area (Å²) < 4.78 is 5.59. The van der Waals surface area contributed by atoms with E-state index in [0.29, 0.717) is 5.92 Å². The summed E-state index contributed by atoms with van der Waals surface area (Å²) in [5, 5.41) is 3.37. The van der Waals surface area contributed by atoms with E-state index >= 15 is 0 Å². The quantitative estimate of drug-likeness (QED) is 0.896. The maximum Gasteiger partial charge on any atom is 0.137 e. The summed E-state index contributed by atoms with van der Waals surface area (Å²) in [6, 6.07) is 0. The van der Waals surface area contributed by atoms with Gasteiger partial charge >= 0.3 is 0 Å². The molecule has 2 heterocycles. The van der Waals surface area contributed by atoms with Crippen LogP contribution in [0.1, 0.15) is 32.3 Å². The highest BCUT2D eigenvalue weighted by Gasteiger charge is 2.27. The summed E-state index contributed by atoms with van der Waals surface area (Å²) in [5.41, 5.74) is 1.13. The number of nitrogens with one attached hydrogen (secondary N) is 1. The third-order valence-corrected chi connectivity index (χ3v) is 4.09. The zero-order valence-electron chi connectivity index (χ0n) is 13.0. The van der Waals surface area contributed by atoms with Crippen LogP contribution in [0.25, 0.3) is 0 Å². The van der Waals surface area contributed by atoms with Crippen molar-refractivity contribution < 1.29 is 4.74 Å². The van der Waals surface area contributed by atoms with Gasteiger partial charge in [0.1, 0.15) is 18.0 Å². The van der Waals surface area contributed by atoms with E-state index in [1.807, 2.05) is 0 Å². The number of anilines is 2. The van der Waals surface area contributed by atoms with Crippen molar-refractivity contribution in [3.05, 3.63) is 11.9 Å². The Morgan fingerprint density at radius 1 is 1.45 bits per heavy atom. The van der Waals surface area contributed by atoms with Gasteiger partial charge in [0, 0.05) is 32.3 Å². The lowest BCUT2D eigenvalue weighted by molar-refractivity contribution is 0.0496. The molecule has 5 nitrogen and oxygen atoms in total. The van der Waals surface area contributed by atoms with Crippen LogP contribution in [0.15, 0.2) is 6.33 Å². The van der Waals surface area contributed by atoms with Gasteiger partial charge in [-0.2, -0.15) is 0 Å². The highest BCUT2D eigenvalue weighted by atomic mass is 16.5. The number of methoxy groups -OCH3 is 1. The second kappa shape index (κ2) is 6.88. The molecular weight excluding hydrogens is 252 g/mol. The molecule has 1 saturated heterocycles. The summed E-state index contributed by atoms with van der Waals surface area (Å²) in [7, 11) is 1.80. The van der Waals surface area contributed by atoms with E-state index in [4.69, 9.17) is 4.74 Å². The fourth-order valence-corrected chi connectivity index (χ4v) is 2.71. The Balaban J connectivity index is 2.16. The highest BCUT2D eigenvalue weighted by Crippen LogP contribution is 2.27. The largest absolute Gasteiger partial charge is 0.379 e. The monoisotopic (exact) mass is 278 g/mol. The van der Waals surface area contributed by atoms with Gasteiger partial charge < -0.3 is 15.0 Å². The topological polar surface area (TPSA) is 50.3 Å². The van der Waals surface area contributed by atoms with Crippen molar-refractivity contribution in [3.63, 3.8) is 0 Å². The molecule has 1 aromatic rings. The number of aromatic nitrogens is 2. The van der Waals surface area contributed by atoms with Gasteiger partial charge in [0.05, 0.1) is 6.10 Å². The molecule has 1 N–H and O–H groups in total. The van der Waals surface area contributed by atoms with E-state index in [-0.39, 0.29) is 6.10 Å². The van der Waals surface area contributed by atoms with E-state index in [1.54, 1.807) is 13.4 Å². The van der Waals surface area contributed by atoms with E-state index in [0.717, 1.165) is 49.7 Å². The first-order chi connectivity index (χ1) is 9.67. The van der Waals surface area contributed by atoms with Crippen LogP contribution in [0.4, 0.5) is 11.6 Å². The first-order valence-electron chi connectivity index (χ1n) is 7.50. The Labute approximate surface area is 121 Å². The van der Waals surface area contributed by atoms with Crippen molar-refractivity contribution in [3.8, 4) is 0 Å². The minimum atomic E-state index is 0.283. The van der Waals surface area contributed by atoms with Gasteiger partial charge in [-0.1, -0.05) is 13.8 Å². The Morgan fingerprint density at radius 2 is 2.25 bits per heavy atom. The van der Waals surface area contributed by atoms with Gasteiger partial charge in [-0.15, -0.1) is 0 Å². The molecular formula is C15H26N4O. The molecule has 0 amide bonds. The molecule has 0 aromatic carbocycles. The Kier molecular flexibility index (Phi) is 5.17. The number of ether oxygens (including phenoxy) is 1. The number of nitrogens with zero attached hydrogens (tertiary/aromatic N) is 3. The van der Waals surface area contributed by atoms with Crippen LogP contribution in [0.2, 0.25) is 0 Å². The first kappa shape index (κ1) is 15.0. The SMILES string of the molecule is CCCNc1ncnc(N2CCC(C)C(OC)C2)c1C. The van der Waals surface area contributed by atoms with Gasteiger partial charge in [0.2, 0.25) is 0 Å². The molecule has 2 atom stereocenters. The van der Waals surface area contributed by atoms with Crippen LogP contribution in [-0.4, -0.2) is 42.8 Å². The fourth-order valence-electron chi connectivity index (χ4n) is 2.71. The molecule has 20 heavy (non-hydrogen) atoms. The Bertz CT molecular complexity index is 438. The van der Waals surface area contributed by atoms with Crippen molar-refractivity contribution in [1.82, 2.24) is 9.97 Å². The molecule has 0 radical (unpaired) electrons. The van der Waals surface area contributed by atoms with Crippen LogP contribution >= 0.6 is 0 Å². The van der Waals surface area contributed by atoms with Gasteiger partial charge in [0.15, 0.2) is 0 Å². The Hall–Kier alpha value is -1.36. The number of rotatable bonds is 5. The van der Waals surface area contributed by atoms with Crippen LogP contribution < -0.4 is 10.2 Å². The minimum Gasteiger partial charge on any atom is -0.379 e. The van der Waals surface area contributed by atoms with Crippen LogP contribution in [0.5, 0.6) is 0 Å². The summed E-state index contributed by atoms with van der Waals surface area (Å²) >= 11 is 0. The Morgan fingerprint density at radius 3 is 2.95 bits per heavy atom. The molecule has 1 aromatic heterocycles. The third kappa shape index (κ3) is 3.20. The molecule has 1 aliphatic rings. The summed E-state index contributed by atoms with van der Waals surface area (Å²) in [6.45, 7) is 9.38. The second-order valence-corrected chi connectivity index (χ2v) is 5.58. The zero-order chi connectivity index (χ0) is 14.5.